The topological polar surface area (TPSA) is 52.6 Å². The molecule has 0 atom stereocenters. The van der Waals surface area contributed by atoms with Crippen LogP contribution in [0.2, 0.25) is 0 Å². The van der Waals surface area contributed by atoms with Gasteiger partial charge in [-0.1, -0.05) is 77.6 Å². The molecule has 0 bridgehead atoms. The predicted octanol–water partition coefficient (Wildman–Crippen LogP) is 4.65. The van der Waals surface area contributed by atoms with Crippen molar-refractivity contribution in [1.82, 2.24) is 0 Å². The summed E-state index contributed by atoms with van der Waals surface area (Å²) in [6.07, 6.45) is 14.3. The second kappa shape index (κ2) is 14.9. The number of rotatable bonds is 14. The normalized spacial score (nSPS) is 10.7. The number of unbranched alkanes of at least 4 members (excludes halogenated alkanes) is 10. The number of methoxy groups -OCH3 is 2. The highest BCUT2D eigenvalue weighted by atomic mass is 16.5. The number of hydrogen-bond donors (Lipinski definition) is 0. The van der Waals surface area contributed by atoms with Gasteiger partial charge in [-0.05, 0) is 6.42 Å². The molecule has 0 rings (SSSR count). The number of esters is 2. The van der Waals surface area contributed by atoms with Crippen molar-refractivity contribution in [2.24, 2.45) is 5.92 Å². The van der Waals surface area contributed by atoms with E-state index in [1.807, 2.05) is 0 Å². The van der Waals surface area contributed by atoms with E-state index < -0.39 is 17.9 Å². The molecule has 0 N–H and O–H groups in total. The number of carbonyl (C=O) groups excluding carboxylic acids is 2. The minimum absolute atomic E-state index is 0.487. The van der Waals surface area contributed by atoms with Gasteiger partial charge in [0.1, 0.15) is 0 Å². The van der Waals surface area contributed by atoms with Gasteiger partial charge in [0, 0.05) is 0 Å². The summed E-state index contributed by atoms with van der Waals surface area (Å²) in [4.78, 5) is 23.0. The van der Waals surface area contributed by atoms with E-state index in [9.17, 15) is 9.59 Å². The molecule has 0 heterocycles. The lowest BCUT2D eigenvalue weighted by molar-refractivity contribution is -0.159. The van der Waals surface area contributed by atoms with Crippen LogP contribution in [0.5, 0.6) is 0 Å². The van der Waals surface area contributed by atoms with Crippen molar-refractivity contribution in [3.63, 3.8) is 0 Å². The third kappa shape index (κ3) is 10.6. The Morgan fingerprint density at radius 3 is 1.41 bits per heavy atom. The van der Waals surface area contributed by atoms with E-state index in [-0.39, 0.29) is 0 Å². The Kier molecular flexibility index (Phi) is 14.1. The van der Waals surface area contributed by atoms with Crippen molar-refractivity contribution < 1.29 is 19.1 Å². The molecule has 4 heteroatoms. The molecular weight excluding hydrogens is 280 g/mol. The summed E-state index contributed by atoms with van der Waals surface area (Å²) >= 11 is 0. The summed E-state index contributed by atoms with van der Waals surface area (Å²) in [5, 5.41) is 0. The zero-order chi connectivity index (χ0) is 16.6. The summed E-state index contributed by atoms with van der Waals surface area (Å²) < 4.78 is 9.29. The molecule has 0 fully saturated rings. The number of hydrogen-bond acceptors (Lipinski definition) is 4. The molecule has 0 aliphatic carbocycles. The Morgan fingerprint density at radius 2 is 1.05 bits per heavy atom. The second-order valence-electron chi connectivity index (χ2n) is 5.92. The fraction of sp³-hybridized carbons (Fsp3) is 0.889. The van der Waals surface area contributed by atoms with Gasteiger partial charge in [-0.15, -0.1) is 0 Å². The molecule has 0 aromatic rings. The third-order valence-corrected chi connectivity index (χ3v) is 4.07. The Bertz CT molecular complexity index is 273. The van der Waals surface area contributed by atoms with Gasteiger partial charge >= 0.3 is 11.9 Å². The van der Waals surface area contributed by atoms with Gasteiger partial charge in [0.15, 0.2) is 5.92 Å². The molecule has 22 heavy (non-hydrogen) atoms. The number of carbonyl (C=O) groups is 2. The molecule has 0 aromatic carbocycles. The van der Waals surface area contributed by atoms with Crippen molar-refractivity contribution in [3.05, 3.63) is 0 Å². The Balaban J connectivity index is 3.54. The van der Waals surface area contributed by atoms with Crippen molar-refractivity contribution in [2.45, 2.75) is 84.0 Å². The van der Waals surface area contributed by atoms with Crippen LogP contribution in [0.25, 0.3) is 0 Å². The lowest BCUT2D eigenvalue weighted by Gasteiger charge is -2.11. The predicted molar refractivity (Wildman–Crippen MR) is 88.6 cm³/mol. The third-order valence-electron chi connectivity index (χ3n) is 4.07. The minimum Gasteiger partial charge on any atom is -0.468 e. The highest BCUT2D eigenvalue weighted by Gasteiger charge is 2.27. The van der Waals surface area contributed by atoms with E-state index in [2.05, 4.69) is 16.4 Å². The van der Waals surface area contributed by atoms with E-state index in [0.29, 0.717) is 6.42 Å². The molecule has 0 aromatic heterocycles. The zero-order valence-corrected chi connectivity index (χ0v) is 14.7. The molecule has 0 aliphatic heterocycles. The van der Waals surface area contributed by atoms with Crippen molar-refractivity contribution >= 4 is 11.9 Å². The molecule has 0 radical (unpaired) electrons. The maximum Gasteiger partial charge on any atom is 0.320 e. The fourth-order valence-corrected chi connectivity index (χ4v) is 2.63. The highest BCUT2D eigenvalue weighted by Crippen LogP contribution is 2.16. The van der Waals surface area contributed by atoms with Crippen LogP contribution in [0, 0.1) is 5.92 Å². The molecule has 0 spiro atoms. The Labute approximate surface area is 135 Å². The fourth-order valence-electron chi connectivity index (χ4n) is 2.63. The highest BCUT2D eigenvalue weighted by molar-refractivity contribution is 5.94. The molecule has 0 aliphatic rings. The van der Waals surface area contributed by atoms with Crippen LogP contribution in [-0.2, 0) is 19.1 Å². The first-order valence-corrected chi connectivity index (χ1v) is 8.83. The van der Waals surface area contributed by atoms with Gasteiger partial charge in [0.2, 0.25) is 0 Å². The SMILES string of the molecule is CCCCCCCCCCCCCC(C(=O)OC)C(=O)OC. The molecule has 130 valence electrons. The van der Waals surface area contributed by atoms with Crippen molar-refractivity contribution in [2.75, 3.05) is 14.2 Å². The first-order chi connectivity index (χ1) is 10.7. The zero-order valence-electron chi connectivity index (χ0n) is 14.7. The summed E-state index contributed by atoms with van der Waals surface area (Å²) in [6, 6.07) is 0. The lowest BCUT2D eigenvalue weighted by Crippen LogP contribution is -2.26. The average molecular weight is 314 g/mol. The Hall–Kier alpha value is -1.06. The maximum atomic E-state index is 11.5. The van der Waals surface area contributed by atoms with Gasteiger partial charge in [-0.2, -0.15) is 0 Å². The lowest BCUT2D eigenvalue weighted by atomic mass is 10.00. The van der Waals surface area contributed by atoms with Crippen LogP contribution in [0.4, 0.5) is 0 Å². The van der Waals surface area contributed by atoms with Crippen molar-refractivity contribution in [3.8, 4) is 0 Å². The molecule has 0 unspecified atom stereocenters. The first-order valence-electron chi connectivity index (χ1n) is 8.83. The van der Waals surface area contributed by atoms with Crippen LogP contribution >= 0.6 is 0 Å². The summed E-state index contributed by atoms with van der Waals surface area (Å²) in [5.41, 5.74) is 0. The van der Waals surface area contributed by atoms with Crippen LogP contribution in [0.15, 0.2) is 0 Å². The van der Waals surface area contributed by atoms with E-state index in [1.165, 1.54) is 72.0 Å². The van der Waals surface area contributed by atoms with Gasteiger partial charge in [0.05, 0.1) is 14.2 Å². The number of ether oxygens (including phenoxy) is 2. The first kappa shape index (κ1) is 20.9. The standard InChI is InChI=1S/C18H34O4/c1-4-5-6-7-8-9-10-11-12-13-14-15-16(17(19)21-2)18(20)22-3/h16H,4-15H2,1-3H3. The molecule has 0 saturated carbocycles. The van der Waals surface area contributed by atoms with Crippen LogP contribution in [-0.4, -0.2) is 26.2 Å². The van der Waals surface area contributed by atoms with E-state index in [0.717, 1.165) is 12.8 Å². The molecule has 4 nitrogen and oxygen atoms in total. The smallest absolute Gasteiger partial charge is 0.320 e. The van der Waals surface area contributed by atoms with Gasteiger partial charge in [-0.3, -0.25) is 9.59 Å². The summed E-state index contributed by atoms with van der Waals surface area (Å²) in [7, 11) is 2.61. The molecule has 0 amide bonds. The van der Waals surface area contributed by atoms with Crippen LogP contribution in [0.3, 0.4) is 0 Å². The Morgan fingerprint density at radius 1 is 0.682 bits per heavy atom. The van der Waals surface area contributed by atoms with Gasteiger partial charge in [-0.25, -0.2) is 0 Å². The van der Waals surface area contributed by atoms with Gasteiger partial charge < -0.3 is 9.47 Å². The van der Waals surface area contributed by atoms with Crippen LogP contribution < -0.4 is 0 Å². The molecule has 0 saturated heterocycles. The average Bonchev–Trinajstić information content (AvgIpc) is 2.54. The van der Waals surface area contributed by atoms with E-state index in [4.69, 9.17) is 0 Å². The minimum atomic E-state index is -0.756. The van der Waals surface area contributed by atoms with Crippen LogP contribution in [0.1, 0.15) is 84.0 Å². The quantitative estimate of drug-likeness (QED) is 0.266. The molecular formula is C18H34O4. The maximum absolute atomic E-state index is 11.5. The van der Waals surface area contributed by atoms with Crippen molar-refractivity contribution in [1.29, 1.82) is 0 Å². The van der Waals surface area contributed by atoms with Gasteiger partial charge in [0.25, 0.3) is 0 Å². The van der Waals surface area contributed by atoms with E-state index >= 15 is 0 Å². The summed E-state index contributed by atoms with van der Waals surface area (Å²) in [5.74, 6) is -1.73. The monoisotopic (exact) mass is 314 g/mol. The largest absolute Gasteiger partial charge is 0.468 e. The van der Waals surface area contributed by atoms with E-state index in [1.54, 1.807) is 0 Å². The second-order valence-corrected chi connectivity index (χ2v) is 5.92. The summed E-state index contributed by atoms with van der Waals surface area (Å²) in [6.45, 7) is 2.24.